The van der Waals surface area contributed by atoms with Crippen molar-refractivity contribution in [2.24, 2.45) is 0 Å². The highest BCUT2D eigenvalue weighted by atomic mass is 31.1. The Morgan fingerprint density at radius 1 is 0.500 bits per heavy atom. The largest absolute Gasteiger partial charge is 0.0790 e. The van der Waals surface area contributed by atoms with Crippen LogP contribution in [0.3, 0.4) is 0 Å². The lowest BCUT2D eigenvalue weighted by Gasteiger charge is -2.34. The third-order valence-electron chi connectivity index (χ3n) is 8.45. The van der Waals surface area contributed by atoms with Gasteiger partial charge in [0.2, 0.25) is 0 Å². The first-order valence-electron chi connectivity index (χ1n) is 15.1. The average Bonchev–Trinajstić information content (AvgIpc) is 3.56. The topological polar surface area (TPSA) is 0 Å². The van der Waals surface area contributed by atoms with Crippen molar-refractivity contribution in [2.75, 3.05) is 12.3 Å². The number of hydrogen-bond donors (Lipinski definition) is 0. The quantitative estimate of drug-likeness (QED) is 0.161. The van der Waals surface area contributed by atoms with Crippen molar-refractivity contribution in [3.05, 3.63) is 142 Å². The van der Waals surface area contributed by atoms with Gasteiger partial charge in [0, 0.05) is 11.8 Å². The van der Waals surface area contributed by atoms with Crippen LogP contribution < -0.4 is 10.6 Å². The second-order valence-electron chi connectivity index (χ2n) is 11.1. The van der Waals surface area contributed by atoms with E-state index in [1.807, 2.05) is 0 Å². The molecule has 0 bridgehead atoms. The van der Waals surface area contributed by atoms with E-state index in [9.17, 15) is 0 Å². The van der Waals surface area contributed by atoms with Crippen LogP contribution in [0.2, 0.25) is 0 Å². The van der Waals surface area contributed by atoms with Gasteiger partial charge in [0.1, 0.15) is 0 Å². The first-order chi connectivity index (χ1) is 19.8. The molecule has 2 aliphatic carbocycles. The van der Waals surface area contributed by atoms with Gasteiger partial charge in [-0.2, -0.15) is 0 Å². The molecule has 0 aromatic heterocycles. The van der Waals surface area contributed by atoms with Gasteiger partial charge < -0.3 is 0 Å². The minimum absolute atomic E-state index is 0.170. The highest BCUT2D eigenvalue weighted by molar-refractivity contribution is 7.77. The SMILES string of the molecule is CCCCP(CCCC)C1=Cc2ccccc2C1C1C(P(c2ccccc2)c2ccccc2)=Cc2ccccc21. The Bertz CT molecular complexity index is 1440. The van der Waals surface area contributed by atoms with Gasteiger partial charge in [-0.1, -0.05) is 150 Å². The number of benzene rings is 4. The van der Waals surface area contributed by atoms with Crippen LogP contribution in [0.1, 0.15) is 73.6 Å². The van der Waals surface area contributed by atoms with Gasteiger partial charge in [0.25, 0.3) is 0 Å². The second-order valence-corrected chi connectivity index (χ2v) is 15.8. The molecule has 6 rings (SSSR count). The summed E-state index contributed by atoms with van der Waals surface area (Å²) in [6, 6.07) is 41.2. The molecule has 0 saturated carbocycles. The van der Waals surface area contributed by atoms with Crippen LogP contribution in [0.25, 0.3) is 12.2 Å². The van der Waals surface area contributed by atoms with E-state index in [0.29, 0.717) is 11.8 Å². The molecule has 0 amide bonds. The summed E-state index contributed by atoms with van der Waals surface area (Å²) in [6.07, 6.45) is 13.2. The number of unbranched alkanes of at least 4 members (excludes halogenated alkanes) is 2. The van der Waals surface area contributed by atoms with Crippen LogP contribution in [0.4, 0.5) is 0 Å². The van der Waals surface area contributed by atoms with Crippen LogP contribution in [0.15, 0.2) is 120 Å². The summed E-state index contributed by atoms with van der Waals surface area (Å²) in [7, 11) is -0.833. The fraction of sp³-hybridized carbons (Fsp3) is 0.263. The molecule has 2 atom stereocenters. The number of allylic oxidation sites excluding steroid dienone is 2. The Balaban J connectivity index is 1.53. The van der Waals surface area contributed by atoms with E-state index in [2.05, 4.69) is 135 Å². The zero-order valence-electron chi connectivity index (χ0n) is 23.8. The lowest BCUT2D eigenvalue weighted by molar-refractivity contribution is 0.736. The summed E-state index contributed by atoms with van der Waals surface area (Å²) in [5.74, 6) is 0.786. The van der Waals surface area contributed by atoms with E-state index in [-0.39, 0.29) is 7.92 Å². The summed E-state index contributed by atoms with van der Waals surface area (Å²) in [5, 5.41) is 6.26. The van der Waals surface area contributed by atoms with Crippen LogP contribution in [-0.4, -0.2) is 12.3 Å². The Kier molecular flexibility index (Phi) is 8.77. The molecule has 0 spiro atoms. The summed E-state index contributed by atoms with van der Waals surface area (Å²) in [5.41, 5.74) is 5.93. The molecule has 2 aliphatic rings. The van der Waals surface area contributed by atoms with Gasteiger partial charge in [-0.05, 0) is 82.7 Å². The first kappa shape index (κ1) is 27.4. The Morgan fingerprint density at radius 2 is 0.925 bits per heavy atom. The molecule has 0 aliphatic heterocycles. The molecule has 202 valence electrons. The Labute approximate surface area is 243 Å². The van der Waals surface area contributed by atoms with Crippen molar-refractivity contribution in [1.29, 1.82) is 0 Å². The molecule has 0 saturated heterocycles. The van der Waals surface area contributed by atoms with Gasteiger partial charge in [0.15, 0.2) is 0 Å². The van der Waals surface area contributed by atoms with E-state index >= 15 is 0 Å². The van der Waals surface area contributed by atoms with E-state index in [0.717, 1.165) is 0 Å². The third-order valence-corrected chi connectivity index (χ3v) is 13.9. The minimum atomic E-state index is -0.662. The number of hydrogen-bond acceptors (Lipinski definition) is 0. The van der Waals surface area contributed by atoms with Gasteiger partial charge in [-0.25, -0.2) is 0 Å². The number of fused-ring (bicyclic) bond motifs is 2. The Morgan fingerprint density at radius 3 is 1.43 bits per heavy atom. The second kappa shape index (κ2) is 12.8. The minimum Gasteiger partial charge on any atom is -0.0790 e. The average molecular weight is 559 g/mol. The fourth-order valence-electron chi connectivity index (χ4n) is 6.53. The van der Waals surface area contributed by atoms with Crippen LogP contribution in [0, 0.1) is 0 Å². The van der Waals surface area contributed by atoms with Crippen LogP contribution in [0.5, 0.6) is 0 Å². The van der Waals surface area contributed by atoms with Crippen molar-refractivity contribution in [2.45, 2.75) is 51.4 Å². The summed E-state index contributed by atoms with van der Waals surface area (Å²) in [4.78, 5) is 0. The molecule has 0 nitrogen and oxygen atoms in total. The highest BCUT2D eigenvalue weighted by Gasteiger charge is 2.43. The standard InChI is InChI=1S/C38H40P2/c1-3-5-25-39(26-6-4-2)35-27-29-17-13-15-23-33(29)37(35)38-34-24-16-14-18-30(34)28-36(38)40(31-19-9-7-10-20-31)32-21-11-8-12-22-32/h7-24,27-28,37-38H,3-6,25-26H2,1-2H3. The lowest BCUT2D eigenvalue weighted by Crippen LogP contribution is -2.19. The predicted octanol–water partition coefficient (Wildman–Crippen LogP) is 10.5. The zero-order valence-corrected chi connectivity index (χ0v) is 25.6. The van der Waals surface area contributed by atoms with Gasteiger partial charge in [0.05, 0.1) is 0 Å². The first-order valence-corrected chi connectivity index (χ1v) is 18.1. The molecule has 0 N–H and O–H groups in total. The molecule has 4 aromatic carbocycles. The number of rotatable bonds is 11. The summed E-state index contributed by atoms with van der Waals surface area (Å²) >= 11 is 0. The predicted molar refractivity (Wildman–Crippen MR) is 180 cm³/mol. The van der Waals surface area contributed by atoms with Gasteiger partial charge >= 0.3 is 0 Å². The molecule has 0 heterocycles. The molecular weight excluding hydrogens is 518 g/mol. The monoisotopic (exact) mass is 558 g/mol. The van der Waals surface area contributed by atoms with E-state index < -0.39 is 7.92 Å². The normalized spacial score (nSPS) is 17.6. The Hall–Kier alpha value is -2.78. The van der Waals surface area contributed by atoms with E-state index in [1.165, 1.54) is 65.3 Å². The van der Waals surface area contributed by atoms with Crippen molar-refractivity contribution in [3.63, 3.8) is 0 Å². The van der Waals surface area contributed by atoms with E-state index in [4.69, 9.17) is 0 Å². The highest BCUT2D eigenvalue weighted by Crippen LogP contribution is 2.66. The van der Waals surface area contributed by atoms with Crippen molar-refractivity contribution in [1.82, 2.24) is 0 Å². The third kappa shape index (κ3) is 5.42. The summed E-state index contributed by atoms with van der Waals surface area (Å²) in [6.45, 7) is 4.70. The molecular formula is C38H40P2. The van der Waals surface area contributed by atoms with Crippen molar-refractivity contribution >= 4 is 38.6 Å². The van der Waals surface area contributed by atoms with Crippen LogP contribution >= 0.6 is 15.8 Å². The summed E-state index contributed by atoms with van der Waals surface area (Å²) < 4.78 is 0. The fourth-order valence-corrected chi connectivity index (χ4v) is 12.3. The molecule has 2 heteroatoms. The maximum absolute atomic E-state index is 2.63. The smallest absolute Gasteiger partial charge is 0.0216 e. The maximum atomic E-state index is 2.63. The molecule has 0 radical (unpaired) electrons. The molecule has 2 unspecified atom stereocenters. The van der Waals surface area contributed by atoms with Gasteiger partial charge in [-0.15, -0.1) is 0 Å². The van der Waals surface area contributed by atoms with Crippen LogP contribution in [-0.2, 0) is 0 Å². The zero-order chi connectivity index (χ0) is 27.3. The van der Waals surface area contributed by atoms with E-state index in [1.54, 1.807) is 16.2 Å². The molecule has 4 aromatic rings. The lowest BCUT2D eigenvalue weighted by atomic mass is 9.84. The van der Waals surface area contributed by atoms with Crippen molar-refractivity contribution < 1.29 is 0 Å². The molecule has 0 fully saturated rings. The van der Waals surface area contributed by atoms with Gasteiger partial charge in [-0.3, -0.25) is 0 Å². The maximum Gasteiger partial charge on any atom is 0.0216 e. The molecule has 40 heavy (non-hydrogen) atoms. The van der Waals surface area contributed by atoms with Crippen molar-refractivity contribution in [3.8, 4) is 0 Å².